The quantitative estimate of drug-likeness (QED) is 0.594. The second-order valence-corrected chi connectivity index (χ2v) is 2.96. The number of para-hydroxylation sites is 1. The highest BCUT2D eigenvalue weighted by atomic mass is 16.4. The number of H-pyrrole nitrogens is 2. The topological polar surface area (TPSA) is 66.7 Å². The Morgan fingerprint density at radius 1 is 1.14 bits per heavy atom. The molecule has 1 aromatic carbocycles. The number of hydrogen-bond donors (Lipinski definition) is 2. The molecule has 0 saturated carbocycles. The van der Waals surface area contributed by atoms with Crippen molar-refractivity contribution in [2.45, 2.75) is 0 Å². The van der Waals surface area contributed by atoms with Crippen molar-refractivity contribution in [3.63, 3.8) is 0 Å². The van der Waals surface area contributed by atoms with E-state index in [-0.39, 0.29) is 5.69 Å². The number of rotatable bonds is 1. The van der Waals surface area contributed by atoms with Crippen molar-refractivity contribution in [2.75, 3.05) is 0 Å². The van der Waals surface area contributed by atoms with Crippen LogP contribution in [0.5, 0.6) is 0 Å². The van der Waals surface area contributed by atoms with Gasteiger partial charge in [0, 0.05) is 0 Å². The maximum Gasteiger partial charge on any atom is 0.347 e. The summed E-state index contributed by atoms with van der Waals surface area (Å²) < 4.78 is 6.56. The van der Waals surface area contributed by atoms with E-state index in [9.17, 15) is 4.79 Å². The maximum atomic E-state index is 11.5. The van der Waals surface area contributed by atoms with Gasteiger partial charge in [0.25, 0.3) is 11.1 Å². The first-order valence-corrected chi connectivity index (χ1v) is 4.19. The Hall–Kier alpha value is -2.17. The molecule has 2 aliphatic rings. The van der Waals surface area contributed by atoms with Crippen LogP contribution < -0.4 is 5.69 Å². The molecule has 0 aliphatic carbocycles. The zero-order chi connectivity index (χ0) is 9.54. The molecule has 0 fully saturated rings. The number of hydrogen-bond acceptors (Lipinski definition) is 2. The standard InChI is InChI=1S/C9H7N3O2/c13-9-11-10-7-8(14-7)12(9)6-4-2-1-3-5-6/h1-5,10H,(H,11,13). The molecule has 14 heavy (non-hydrogen) atoms. The smallest absolute Gasteiger partial charge is 0.347 e. The molecule has 0 aromatic heterocycles. The summed E-state index contributed by atoms with van der Waals surface area (Å²) in [6.45, 7) is 0. The summed E-state index contributed by atoms with van der Waals surface area (Å²) in [5.74, 6) is 0. The van der Waals surface area contributed by atoms with Crippen LogP contribution in [0, 0.1) is 11.1 Å². The highest BCUT2D eigenvalue weighted by molar-refractivity contribution is 5.30. The van der Waals surface area contributed by atoms with Crippen molar-refractivity contribution in [1.82, 2.24) is 14.8 Å². The van der Waals surface area contributed by atoms with Crippen LogP contribution >= 0.6 is 0 Å². The van der Waals surface area contributed by atoms with Gasteiger partial charge in [0.1, 0.15) is 0 Å². The third-order valence-corrected chi connectivity index (χ3v) is 2.05. The molecule has 0 radical (unpaired) electrons. The van der Waals surface area contributed by atoms with Gasteiger partial charge < -0.3 is 4.42 Å². The Morgan fingerprint density at radius 3 is 2.71 bits per heavy atom. The molecule has 1 aromatic rings. The first-order chi connectivity index (χ1) is 6.86. The zero-order valence-corrected chi connectivity index (χ0v) is 7.15. The van der Waals surface area contributed by atoms with E-state index in [0.717, 1.165) is 5.69 Å². The Bertz CT molecular complexity index is 655. The fourth-order valence-electron chi connectivity index (χ4n) is 1.37. The summed E-state index contributed by atoms with van der Waals surface area (Å²) in [6, 6.07) is 9.32. The minimum Gasteiger partial charge on any atom is -0.412 e. The molecule has 2 aliphatic heterocycles. The number of nitrogens with zero attached hydrogens (tertiary/aromatic N) is 1. The van der Waals surface area contributed by atoms with Gasteiger partial charge in [-0.3, -0.25) is 5.10 Å². The van der Waals surface area contributed by atoms with Crippen LogP contribution in [0.2, 0.25) is 0 Å². The first kappa shape index (κ1) is 7.25. The lowest BCUT2D eigenvalue weighted by Crippen LogP contribution is -2.21. The molecule has 0 amide bonds. The highest BCUT2D eigenvalue weighted by Crippen LogP contribution is 2.08. The van der Waals surface area contributed by atoms with E-state index in [1.807, 2.05) is 30.3 Å². The molecule has 70 valence electrons. The van der Waals surface area contributed by atoms with Crippen molar-refractivity contribution in [2.24, 2.45) is 0 Å². The van der Waals surface area contributed by atoms with Gasteiger partial charge in [0.15, 0.2) is 0 Å². The van der Waals surface area contributed by atoms with Gasteiger partial charge in [-0.05, 0) is 12.1 Å². The van der Waals surface area contributed by atoms with Crippen LogP contribution in [0.4, 0.5) is 0 Å². The average Bonchev–Trinajstić information content (AvgIpc) is 2.98. The second kappa shape index (κ2) is 2.41. The summed E-state index contributed by atoms with van der Waals surface area (Å²) in [4.78, 5) is 11.5. The van der Waals surface area contributed by atoms with Crippen LogP contribution in [-0.4, -0.2) is 14.8 Å². The van der Waals surface area contributed by atoms with Crippen LogP contribution in [0.1, 0.15) is 0 Å². The molecule has 0 atom stereocenters. The maximum absolute atomic E-state index is 11.5. The molecule has 0 unspecified atom stereocenters. The van der Waals surface area contributed by atoms with Crippen LogP contribution in [0.25, 0.3) is 5.69 Å². The largest absolute Gasteiger partial charge is 0.412 e. The van der Waals surface area contributed by atoms with E-state index in [1.54, 1.807) is 0 Å². The minimum atomic E-state index is -0.243. The predicted octanol–water partition coefficient (Wildman–Crippen LogP) is 0.811. The lowest BCUT2D eigenvalue weighted by atomic mass is 10.3. The van der Waals surface area contributed by atoms with Crippen molar-refractivity contribution in [3.8, 4) is 5.69 Å². The number of benzene rings is 1. The summed E-state index contributed by atoms with van der Waals surface area (Å²) in [6.07, 6.45) is 0. The monoisotopic (exact) mass is 189 g/mol. The lowest BCUT2D eigenvalue weighted by molar-refractivity contribution is 0.599. The molecular weight excluding hydrogens is 182 g/mol. The normalized spacial score (nSPS) is 11.1. The van der Waals surface area contributed by atoms with Crippen molar-refractivity contribution in [3.05, 3.63) is 51.9 Å². The first-order valence-electron chi connectivity index (χ1n) is 4.19. The fraction of sp³-hybridized carbons (Fsp3) is 0. The van der Waals surface area contributed by atoms with E-state index in [0.29, 0.717) is 11.1 Å². The van der Waals surface area contributed by atoms with Gasteiger partial charge in [-0.15, -0.1) is 0 Å². The minimum absolute atomic E-state index is 0.243. The Morgan fingerprint density at radius 2 is 1.93 bits per heavy atom. The number of aromatic nitrogens is 3. The van der Waals surface area contributed by atoms with E-state index in [1.165, 1.54) is 4.57 Å². The second-order valence-electron chi connectivity index (χ2n) is 2.96. The number of nitrogens with one attached hydrogen (secondary N) is 2. The van der Waals surface area contributed by atoms with E-state index in [4.69, 9.17) is 4.42 Å². The van der Waals surface area contributed by atoms with Crippen LogP contribution in [0.15, 0.2) is 39.5 Å². The molecule has 2 heterocycles. The van der Waals surface area contributed by atoms with Crippen LogP contribution in [-0.2, 0) is 0 Å². The fourth-order valence-corrected chi connectivity index (χ4v) is 1.37. The molecule has 0 bridgehead atoms. The van der Waals surface area contributed by atoms with Crippen molar-refractivity contribution in [1.29, 1.82) is 0 Å². The summed E-state index contributed by atoms with van der Waals surface area (Å²) in [5.41, 5.74) is 1.72. The SMILES string of the molecule is O=c1[nH][nH]c2oc=2n1-c1ccccc1. The van der Waals surface area contributed by atoms with Gasteiger partial charge in [-0.1, -0.05) is 18.2 Å². The summed E-state index contributed by atoms with van der Waals surface area (Å²) in [5, 5.41) is 5.10. The van der Waals surface area contributed by atoms with Gasteiger partial charge in [-0.25, -0.2) is 14.5 Å². The number of aromatic amines is 2. The molecular formula is C9H7N3O2. The Balaban J connectivity index is 2.37. The van der Waals surface area contributed by atoms with E-state index >= 15 is 0 Å². The molecule has 0 spiro atoms. The van der Waals surface area contributed by atoms with Crippen molar-refractivity contribution >= 4 is 0 Å². The Labute approximate surface area is 77.6 Å². The summed E-state index contributed by atoms with van der Waals surface area (Å²) >= 11 is 0. The molecule has 0 saturated heterocycles. The average molecular weight is 189 g/mol. The molecule has 5 nitrogen and oxygen atoms in total. The van der Waals surface area contributed by atoms with Gasteiger partial charge >= 0.3 is 5.69 Å². The molecule has 2 N–H and O–H groups in total. The molecule has 5 heteroatoms. The van der Waals surface area contributed by atoms with Gasteiger partial charge in [0.2, 0.25) is 0 Å². The van der Waals surface area contributed by atoms with E-state index in [2.05, 4.69) is 10.2 Å². The predicted molar refractivity (Wildman–Crippen MR) is 48.3 cm³/mol. The van der Waals surface area contributed by atoms with E-state index < -0.39 is 0 Å². The van der Waals surface area contributed by atoms with Gasteiger partial charge in [0.05, 0.1) is 5.69 Å². The molecule has 3 rings (SSSR count). The van der Waals surface area contributed by atoms with Gasteiger partial charge in [-0.2, -0.15) is 0 Å². The third-order valence-electron chi connectivity index (χ3n) is 2.05. The van der Waals surface area contributed by atoms with Crippen LogP contribution in [0.3, 0.4) is 0 Å². The lowest BCUT2D eigenvalue weighted by Gasteiger charge is -1.98. The van der Waals surface area contributed by atoms with Crippen molar-refractivity contribution < 1.29 is 4.42 Å². The summed E-state index contributed by atoms with van der Waals surface area (Å²) in [7, 11) is 0. The highest BCUT2D eigenvalue weighted by Gasteiger charge is 2.10. The third kappa shape index (κ3) is 0.922. The zero-order valence-electron chi connectivity index (χ0n) is 7.15. The Kier molecular flexibility index (Phi) is 1.25.